The third-order valence-electron chi connectivity index (χ3n) is 4.13. The molecule has 2 fully saturated rings. The Morgan fingerprint density at radius 3 is 3.00 bits per heavy atom. The lowest BCUT2D eigenvalue weighted by molar-refractivity contribution is -0.123. The van der Waals surface area contributed by atoms with E-state index >= 15 is 0 Å². The van der Waals surface area contributed by atoms with Gasteiger partial charge in [-0.25, -0.2) is 9.37 Å². The fourth-order valence-electron chi connectivity index (χ4n) is 2.75. The predicted octanol–water partition coefficient (Wildman–Crippen LogP) is 1.08. The summed E-state index contributed by atoms with van der Waals surface area (Å²) in [7, 11) is 0. The summed E-state index contributed by atoms with van der Waals surface area (Å²) in [5.74, 6) is 0.471. The fourth-order valence-corrected chi connectivity index (χ4v) is 2.75. The van der Waals surface area contributed by atoms with Crippen molar-refractivity contribution in [3.05, 3.63) is 24.1 Å². The molecule has 1 saturated carbocycles. The summed E-state index contributed by atoms with van der Waals surface area (Å²) in [4.78, 5) is 17.7. The van der Waals surface area contributed by atoms with Crippen LogP contribution in [0.5, 0.6) is 0 Å². The second-order valence-electron chi connectivity index (χ2n) is 6.08. The number of β-amino-alcohol motifs (C(OH)–C–C–N with tert-alkyl or cyclic N) is 1. The fraction of sp³-hybridized carbons (Fsp3) is 0.600. The average Bonchev–Trinajstić information content (AvgIpc) is 3.30. The molecule has 0 unspecified atom stereocenters. The molecule has 1 aliphatic carbocycles. The van der Waals surface area contributed by atoms with Crippen molar-refractivity contribution >= 4 is 11.7 Å². The van der Waals surface area contributed by atoms with E-state index in [1.165, 1.54) is 12.3 Å². The van der Waals surface area contributed by atoms with Crippen LogP contribution in [-0.2, 0) is 4.79 Å². The molecule has 1 aliphatic heterocycles. The van der Waals surface area contributed by atoms with Crippen LogP contribution < -0.4 is 10.2 Å². The van der Waals surface area contributed by atoms with Gasteiger partial charge in [-0.15, -0.1) is 0 Å². The molecule has 1 amide bonds. The van der Waals surface area contributed by atoms with E-state index in [0.29, 0.717) is 18.8 Å². The number of hydrogen-bond donors (Lipinski definition) is 2. The number of rotatable bonds is 4. The molecule has 1 atom stereocenters. The molecular weight excluding hydrogens is 273 g/mol. The van der Waals surface area contributed by atoms with Crippen molar-refractivity contribution in [3.8, 4) is 0 Å². The van der Waals surface area contributed by atoms with E-state index in [2.05, 4.69) is 10.3 Å². The lowest BCUT2D eigenvalue weighted by Gasteiger charge is -2.39. The SMILES string of the molecule is O=C(NC[C@@]1(O)CCCN(c2ccc(F)cn2)C1)C1CC1. The smallest absolute Gasteiger partial charge is 0.223 e. The molecule has 0 aromatic carbocycles. The molecule has 0 spiro atoms. The first kappa shape index (κ1) is 14.3. The highest BCUT2D eigenvalue weighted by Crippen LogP contribution is 2.29. The van der Waals surface area contributed by atoms with Crippen LogP contribution in [-0.4, -0.2) is 41.2 Å². The maximum atomic E-state index is 12.9. The minimum Gasteiger partial charge on any atom is -0.386 e. The summed E-state index contributed by atoms with van der Waals surface area (Å²) >= 11 is 0. The van der Waals surface area contributed by atoms with Crippen LogP contribution in [0.2, 0.25) is 0 Å². The van der Waals surface area contributed by atoms with Crippen LogP contribution in [0.4, 0.5) is 10.2 Å². The Hall–Kier alpha value is -1.69. The molecule has 0 radical (unpaired) electrons. The van der Waals surface area contributed by atoms with Crippen LogP contribution >= 0.6 is 0 Å². The molecule has 1 aromatic rings. The maximum Gasteiger partial charge on any atom is 0.223 e. The summed E-state index contributed by atoms with van der Waals surface area (Å²) in [6.45, 7) is 1.44. The lowest BCUT2D eigenvalue weighted by Crippen LogP contribution is -2.54. The van der Waals surface area contributed by atoms with Gasteiger partial charge in [-0.05, 0) is 37.8 Å². The van der Waals surface area contributed by atoms with Crippen LogP contribution in [0, 0.1) is 11.7 Å². The molecule has 1 saturated heterocycles. The summed E-state index contributed by atoms with van der Waals surface area (Å²) in [5.41, 5.74) is -0.946. The minimum absolute atomic E-state index is 0.0421. The molecule has 2 N–H and O–H groups in total. The number of carbonyl (C=O) groups is 1. The van der Waals surface area contributed by atoms with Gasteiger partial charge in [0.15, 0.2) is 0 Å². The van der Waals surface area contributed by atoms with Gasteiger partial charge in [-0.2, -0.15) is 0 Å². The van der Waals surface area contributed by atoms with E-state index in [4.69, 9.17) is 0 Å². The standard InChI is InChI=1S/C15H20FN3O2/c16-12-4-5-13(17-8-12)19-7-1-6-15(21,10-19)9-18-14(20)11-2-3-11/h4-5,8,11,21H,1-3,6-7,9-10H2,(H,18,20)/t15-/m0/s1. The second-order valence-corrected chi connectivity index (χ2v) is 6.08. The number of nitrogens with zero attached hydrogens (tertiary/aromatic N) is 2. The van der Waals surface area contributed by atoms with Gasteiger partial charge in [0.1, 0.15) is 11.6 Å². The van der Waals surface area contributed by atoms with Crippen molar-refractivity contribution in [1.82, 2.24) is 10.3 Å². The number of anilines is 1. The molecule has 1 aromatic heterocycles. The Morgan fingerprint density at radius 2 is 2.33 bits per heavy atom. The number of piperidine rings is 1. The van der Waals surface area contributed by atoms with E-state index in [9.17, 15) is 14.3 Å². The molecule has 21 heavy (non-hydrogen) atoms. The Labute approximate surface area is 123 Å². The highest BCUT2D eigenvalue weighted by Gasteiger charge is 2.36. The van der Waals surface area contributed by atoms with E-state index in [1.807, 2.05) is 4.90 Å². The zero-order valence-electron chi connectivity index (χ0n) is 11.9. The number of carbonyl (C=O) groups excluding carboxylic acids is 1. The zero-order chi connectivity index (χ0) is 14.9. The lowest BCUT2D eigenvalue weighted by atomic mass is 9.92. The van der Waals surface area contributed by atoms with Crippen molar-refractivity contribution in [2.75, 3.05) is 24.5 Å². The predicted molar refractivity (Wildman–Crippen MR) is 76.3 cm³/mol. The quantitative estimate of drug-likeness (QED) is 0.872. The Morgan fingerprint density at radius 1 is 1.52 bits per heavy atom. The topological polar surface area (TPSA) is 65.5 Å². The first-order valence-electron chi connectivity index (χ1n) is 7.42. The van der Waals surface area contributed by atoms with Gasteiger partial charge in [0.05, 0.1) is 11.8 Å². The first-order valence-corrected chi connectivity index (χ1v) is 7.42. The van der Waals surface area contributed by atoms with E-state index in [1.54, 1.807) is 6.07 Å². The molecular formula is C15H20FN3O2. The van der Waals surface area contributed by atoms with Gasteiger partial charge < -0.3 is 15.3 Å². The van der Waals surface area contributed by atoms with Gasteiger partial charge in [-0.1, -0.05) is 0 Å². The average molecular weight is 293 g/mol. The normalized spacial score (nSPS) is 25.7. The van der Waals surface area contributed by atoms with Gasteiger partial charge in [0.2, 0.25) is 5.91 Å². The van der Waals surface area contributed by atoms with Gasteiger partial charge in [0, 0.05) is 25.6 Å². The number of pyridine rings is 1. The molecule has 2 aliphatic rings. The van der Waals surface area contributed by atoms with Gasteiger partial charge >= 0.3 is 0 Å². The summed E-state index contributed by atoms with van der Waals surface area (Å²) in [6.07, 6.45) is 4.55. The first-order chi connectivity index (χ1) is 10.1. The summed E-state index contributed by atoms with van der Waals surface area (Å²) in [6, 6.07) is 2.98. The molecule has 114 valence electrons. The Bertz CT molecular complexity index is 518. The molecule has 2 heterocycles. The monoisotopic (exact) mass is 293 g/mol. The molecule has 5 nitrogen and oxygen atoms in total. The van der Waals surface area contributed by atoms with Gasteiger partial charge in [-0.3, -0.25) is 4.79 Å². The van der Waals surface area contributed by atoms with Crippen molar-refractivity contribution in [1.29, 1.82) is 0 Å². The zero-order valence-corrected chi connectivity index (χ0v) is 11.9. The minimum atomic E-state index is -0.946. The van der Waals surface area contributed by atoms with Crippen molar-refractivity contribution < 1.29 is 14.3 Å². The largest absolute Gasteiger partial charge is 0.386 e. The summed E-state index contributed by atoms with van der Waals surface area (Å²) in [5, 5.41) is 13.5. The highest BCUT2D eigenvalue weighted by molar-refractivity contribution is 5.80. The number of aliphatic hydroxyl groups is 1. The van der Waals surface area contributed by atoms with E-state index in [-0.39, 0.29) is 24.2 Å². The number of hydrogen-bond acceptors (Lipinski definition) is 4. The van der Waals surface area contributed by atoms with Crippen LogP contribution in [0.1, 0.15) is 25.7 Å². The molecule has 0 bridgehead atoms. The van der Waals surface area contributed by atoms with Crippen LogP contribution in [0.25, 0.3) is 0 Å². The maximum absolute atomic E-state index is 12.9. The number of nitrogens with one attached hydrogen (secondary N) is 1. The molecule has 3 rings (SSSR count). The van der Waals surface area contributed by atoms with Crippen LogP contribution in [0.3, 0.4) is 0 Å². The highest BCUT2D eigenvalue weighted by atomic mass is 19.1. The third kappa shape index (κ3) is 3.50. The number of amides is 1. The van der Waals surface area contributed by atoms with E-state index < -0.39 is 5.60 Å². The Balaban J connectivity index is 1.60. The summed E-state index contributed by atoms with van der Waals surface area (Å²) < 4.78 is 12.9. The third-order valence-corrected chi connectivity index (χ3v) is 4.13. The Kier molecular flexibility index (Phi) is 3.80. The van der Waals surface area contributed by atoms with Gasteiger partial charge in [0.25, 0.3) is 0 Å². The van der Waals surface area contributed by atoms with Crippen molar-refractivity contribution in [3.63, 3.8) is 0 Å². The van der Waals surface area contributed by atoms with Crippen molar-refractivity contribution in [2.24, 2.45) is 5.92 Å². The van der Waals surface area contributed by atoms with Crippen LogP contribution in [0.15, 0.2) is 18.3 Å². The van der Waals surface area contributed by atoms with E-state index in [0.717, 1.165) is 25.8 Å². The van der Waals surface area contributed by atoms with Crippen molar-refractivity contribution in [2.45, 2.75) is 31.3 Å². The number of halogens is 1. The molecule has 6 heteroatoms. The number of aromatic nitrogens is 1. The second kappa shape index (κ2) is 5.60.